The van der Waals surface area contributed by atoms with E-state index >= 15 is 0 Å². The molecule has 3 aromatic rings. The number of aryl methyl sites for hydroxylation is 1. The molecule has 0 fully saturated rings. The van der Waals surface area contributed by atoms with E-state index < -0.39 is 15.7 Å². The number of para-hydroxylation sites is 1. The van der Waals surface area contributed by atoms with Crippen molar-refractivity contribution in [2.45, 2.75) is 25.7 Å². The summed E-state index contributed by atoms with van der Waals surface area (Å²) >= 11 is 12.7. The van der Waals surface area contributed by atoms with Crippen LogP contribution in [0.25, 0.3) is 0 Å². The monoisotopic (exact) mass is 514 g/mol. The van der Waals surface area contributed by atoms with Crippen LogP contribution in [0.3, 0.4) is 0 Å². The molecule has 8 heteroatoms. The van der Waals surface area contributed by atoms with Gasteiger partial charge in [-0.1, -0.05) is 47.0 Å². The third-order valence-electron chi connectivity index (χ3n) is 4.89. The molecule has 34 heavy (non-hydrogen) atoms. The van der Waals surface area contributed by atoms with Crippen molar-refractivity contribution in [1.82, 2.24) is 0 Å². The summed E-state index contributed by atoms with van der Waals surface area (Å²) in [5, 5.41) is 3.39. The first-order valence-electron chi connectivity index (χ1n) is 10.4. The Morgan fingerprint density at radius 3 is 2.24 bits per heavy atom. The summed E-state index contributed by atoms with van der Waals surface area (Å²) in [6.07, 6.45) is 2.99. The number of sulfone groups is 1. The normalized spacial score (nSPS) is 11.8. The van der Waals surface area contributed by atoms with Crippen LogP contribution in [-0.4, -0.2) is 26.3 Å². The maximum absolute atomic E-state index is 12.9. The van der Waals surface area contributed by atoms with Gasteiger partial charge in [0.25, 0.3) is 5.91 Å². The zero-order chi connectivity index (χ0) is 25.0. The van der Waals surface area contributed by atoms with Gasteiger partial charge >= 0.3 is 0 Å². The fourth-order valence-corrected chi connectivity index (χ4v) is 4.23. The maximum Gasteiger partial charge on any atom is 0.257 e. The van der Waals surface area contributed by atoms with Gasteiger partial charge in [0.2, 0.25) is 0 Å². The van der Waals surface area contributed by atoms with Crippen LogP contribution >= 0.6 is 23.2 Å². The number of aliphatic imine (C=N–C) groups is 1. The third kappa shape index (κ3) is 6.35. The van der Waals surface area contributed by atoms with Gasteiger partial charge < -0.3 is 5.32 Å². The van der Waals surface area contributed by atoms with Crippen molar-refractivity contribution in [2.24, 2.45) is 4.99 Å². The number of nitrogens with zero attached hydrogens (tertiary/aromatic N) is 1. The molecule has 0 saturated heterocycles. The molecule has 0 bridgehead atoms. The van der Waals surface area contributed by atoms with Crippen molar-refractivity contribution in [3.63, 3.8) is 0 Å². The Hall–Kier alpha value is -2.93. The summed E-state index contributed by atoms with van der Waals surface area (Å²) < 4.78 is 23.8. The highest BCUT2D eigenvalue weighted by molar-refractivity contribution is 7.90. The van der Waals surface area contributed by atoms with Crippen LogP contribution in [0.2, 0.25) is 10.0 Å². The Balaban J connectivity index is 2.03. The van der Waals surface area contributed by atoms with Crippen molar-refractivity contribution >= 4 is 56.0 Å². The van der Waals surface area contributed by atoms with Gasteiger partial charge in [0, 0.05) is 17.5 Å². The maximum atomic E-state index is 12.9. The summed E-state index contributed by atoms with van der Waals surface area (Å²) in [6, 6.07) is 16.8. The van der Waals surface area contributed by atoms with Crippen LogP contribution in [0.1, 0.15) is 35.3 Å². The van der Waals surface area contributed by atoms with Crippen LogP contribution < -0.4 is 5.32 Å². The molecule has 0 saturated carbocycles. The number of benzene rings is 3. The van der Waals surface area contributed by atoms with Crippen LogP contribution in [-0.2, 0) is 9.84 Å². The third-order valence-corrected chi connectivity index (χ3v) is 6.66. The number of anilines is 1. The lowest BCUT2D eigenvalue weighted by molar-refractivity contribution is 0.102. The number of rotatable bonds is 6. The van der Waals surface area contributed by atoms with E-state index in [0.717, 1.165) is 23.1 Å². The van der Waals surface area contributed by atoms with Gasteiger partial charge in [0.1, 0.15) is 0 Å². The van der Waals surface area contributed by atoms with Gasteiger partial charge in [-0.15, -0.1) is 0 Å². The lowest BCUT2D eigenvalue weighted by Gasteiger charge is -2.12. The molecule has 3 rings (SSSR count). The van der Waals surface area contributed by atoms with E-state index in [1.807, 2.05) is 51.1 Å². The summed E-state index contributed by atoms with van der Waals surface area (Å²) in [5.74, 6) is -0.539. The second-order valence-electron chi connectivity index (χ2n) is 8.07. The quantitative estimate of drug-likeness (QED) is 0.358. The number of hydrogen-bond donors (Lipinski definition) is 1. The van der Waals surface area contributed by atoms with E-state index in [4.69, 9.17) is 28.2 Å². The number of amides is 1. The molecule has 0 unspecified atom stereocenters. The van der Waals surface area contributed by atoms with E-state index in [1.54, 1.807) is 18.2 Å². The molecule has 0 aliphatic heterocycles. The summed E-state index contributed by atoms with van der Waals surface area (Å²) in [5.41, 5.74) is 4.66. The first-order valence-corrected chi connectivity index (χ1v) is 13.0. The lowest BCUT2D eigenvalue weighted by Crippen LogP contribution is -2.14. The fraction of sp³-hybridized carbons (Fsp3) is 0.154. The Morgan fingerprint density at radius 2 is 1.59 bits per heavy atom. The van der Waals surface area contributed by atoms with E-state index in [2.05, 4.69) is 5.32 Å². The van der Waals surface area contributed by atoms with Gasteiger partial charge in [-0.25, -0.2) is 13.4 Å². The molecule has 0 aliphatic carbocycles. The van der Waals surface area contributed by atoms with Gasteiger partial charge in [0.05, 0.1) is 31.9 Å². The minimum Gasteiger partial charge on any atom is -0.322 e. The van der Waals surface area contributed by atoms with Crippen molar-refractivity contribution in [3.05, 3.63) is 99.0 Å². The van der Waals surface area contributed by atoms with Crippen molar-refractivity contribution in [3.8, 4) is 0 Å². The largest absolute Gasteiger partial charge is 0.322 e. The molecule has 3 aromatic carbocycles. The number of nitrogens with one attached hydrogen (secondary N) is 1. The molecule has 1 N–H and O–H groups in total. The average molecular weight is 515 g/mol. The summed E-state index contributed by atoms with van der Waals surface area (Å²) in [4.78, 5) is 17.8. The molecule has 0 heterocycles. The highest BCUT2D eigenvalue weighted by Gasteiger charge is 2.17. The average Bonchev–Trinajstić information content (AvgIpc) is 2.75. The molecule has 0 atom stereocenters. The number of carbonyl (C=O) groups is 1. The fourth-order valence-electron chi connectivity index (χ4n) is 3.17. The van der Waals surface area contributed by atoms with E-state index in [-0.39, 0.29) is 15.5 Å². The zero-order valence-corrected chi connectivity index (χ0v) is 21.5. The molecule has 176 valence electrons. The predicted octanol–water partition coefficient (Wildman–Crippen LogP) is 7.04. The zero-order valence-electron chi connectivity index (χ0n) is 19.2. The van der Waals surface area contributed by atoms with Crippen molar-refractivity contribution in [1.29, 1.82) is 0 Å². The number of hydrogen-bond acceptors (Lipinski definition) is 4. The van der Waals surface area contributed by atoms with Gasteiger partial charge in [-0.2, -0.15) is 0 Å². The molecule has 0 aliphatic rings. The summed E-state index contributed by atoms with van der Waals surface area (Å²) in [6.45, 7) is 5.90. The molecule has 5 nitrogen and oxygen atoms in total. The minimum absolute atomic E-state index is 0.00931. The number of allylic oxidation sites excluding steroid dienone is 2. The van der Waals surface area contributed by atoms with Gasteiger partial charge in [-0.05, 0) is 74.9 Å². The lowest BCUT2D eigenvalue weighted by atomic mass is 10.1. The molecular weight excluding hydrogens is 491 g/mol. The Labute approximate surface area is 210 Å². The van der Waals surface area contributed by atoms with E-state index in [0.29, 0.717) is 22.0 Å². The highest BCUT2D eigenvalue weighted by atomic mass is 35.5. The predicted molar refractivity (Wildman–Crippen MR) is 141 cm³/mol. The standard InChI is InChI=1S/C26H24Cl2N2O3S/c1-16(2)13-25(30-24-8-6-5-7-17(24)3)20-14-18(9-11-22(20)27)29-26(31)21-15-19(34(4,32)33)10-12-23(21)28/h5-15H,1-4H3,(H,29,31). The Morgan fingerprint density at radius 1 is 0.941 bits per heavy atom. The van der Waals surface area contributed by atoms with Crippen molar-refractivity contribution in [2.75, 3.05) is 11.6 Å². The van der Waals surface area contributed by atoms with Crippen LogP contribution in [0, 0.1) is 6.92 Å². The van der Waals surface area contributed by atoms with Crippen molar-refractivity contribution < 1.29 is 13.2 Å². The highest BCUT2D eigenvalue weighted by Crippen LogP contribution is 2.27. The smallest absolute Gasteiger partial charge is 0.257 e. The molecule has 0 spiro atoms. The number of carbonyl (C=O) groups excluding carboxylic acids is 1. The second-order valence-corrected chi connectivity index (χ2v) is 10.9. The SMILES string of the molecule is CC(C)=CC(=Nc1ccccc1C)c1cc(NC(=O)c2cc(S(C)(=O)=O)ccc2Cl)ccc1Cl. The first kappa shape index (κ1) is 25.7. The molecule has 0 aromatic heterocycles. The minimum atomic E-state index is -3.50. The summed E-state index contributed by atoms with van der Waals surface area (Å²) in [7, 11) is -3.50. The van der Waals surface area contributed by atoms with Gasteiger partial charge in [-0.3, -0.25) is 4.79 Å². The molecule has 1 amide bonds. The van der Waals surface area contributed by atoms with Crippen LogP contribution in [0.15, 0.2) is 82.2 Å². The second kappa shape index (κ2) is 10.6. The first-order chi connectivity index (χ1) is 16.0. The molecule has 0 radical (unpaired) electrons. The molecular formula is C26H24Cl2N2O3S. The van der Waals surface area contributed by atoms with E-state index in [9.17, 15) is 13.2 Å². The van der Waals surface area contributed by atoms with E-state index in [1.165, 1.54) is 18.2 Å². The Bertz CT molecular complexity index is 1420. The topological polar surface area (TPSA) is 75.6 Å². The van der Waals surface area contributed by atoms with Crippen LogP contribution in [0.4, 0.5) is 11.4 Å². The number of halogens is 2. The Kier molecular flexibility index (Phi) is 7.97. The van der Waals surface area contributed by atoms with Crippen LogP contribution in [0.5, 0.6) is 0 Å². The van der Waals surface area contributed by atoms with Gasteiger partial charge in [0.15, 0.2) is 9.84 Å².